The fourth-order valence-electron chi connectivity index (χ4n) is 1.84. The number of carbonyl (C=O) groups is 1. The van der Waals surface area contributed by atoms with E-state index in [0.717, 1.165) is 24.0 Å². The topological polar surface area (TPSA) is 46.5 Å². The Labute approximate surface area is 82.3 Å². The minimum absolute atomic E-state index is 0.325. The number of benzene rings is 1. The second kappa shape index (κ2) is 3.42. The highest BCUT2D eigenvalue weighted by atomic mass is 16.5. The molecule has 0 saturated heterocycles. The van der Waals surface area contributed by atoms with Crippen LogP contribution < -0.4 is 0 Å². The number of esters is 1. The van der Waals surface area contributed by atoms with Gasteiger partial charge in [-0.05, 0) is 36.1 Å². The molecule has 0 aliphatic heterocycles. The van der Waals surface area contributed by atoms with Gasteiger partial charge in [0.1, 0.15) is 0 Å². The largest absolute Gasteiger partial charge is 0.465 e. The number of rotatable bonds is 1. The van der Waals surface area contributed by atoms with Crippen LogP contribution >= 0.6 is 0 Å². The van der Waals surface area contributed by atoms with Crippen LogP contribution in [0.15, 0.2) is 18.2 Å². The molecule has 3 heteroatoms. The molecule has 0 unspecified atom stereocenters. The highest BCUT2D eigenvalue weighted by molar-refractivity contribution is 5.89. The number of aliphatic hydroxyl groups is 1. The number of aryl methyl sites for hydroxylation is 1. The van der Waals surface area contributed by atoms with E-state index in [0.29, 0.717) is 5.56 Å². The van der Waals surface area contributed by atoms with Crippen LogP contribution in [-0.4, -0.2) is 18.2 Å². The number of ether oxygens (including phenoxy) is 1. The van der Waals surface area contributed by atoms with Crippen molar-refractivity contribution in [2.45, 2.75) is 18.9 Å². The summed E-state index contributed by atoms with van der Waals surface area (Å²) in [7, 11) is 1.37. The number of hydrogen-bond donors (Lipinski definition) is 1. The molecule has 0 fully saturated rings. The number of hydrogen-bond acceptors (Lipinski definition) is 3. The lowest BCUT2D eigenvalue weighted by atomic mass is 10.1. The van der Waals surface area contributed by atoms with Crippen molar-refractivity contribution in [3.05, 3.63) is 34.9 Å². The highest BCUT2D eigenvalue weighted by Gasteiger charge is 2.21. The van der Waals surface area contributed by atoms with Crippen LogP contribution in [0.2, 0.25) is 0 Å². The SMILES string of the molecule is COC(=O)c1ccc2c(c1)CC[C@H]2O. The van der Waals surface area contributed by atoms with E-state index in [1.54, 1.807) is 18.2 Å². The molecule has 3 nitrogen and oxygen atoms in total. The van der Waals surface area contributed by atoms with Gasteiger partial charge in [-0.1, -0.05) is 6.07 Å². The van der Waals surface area contributed by atoms with E-state index >= 15 is 0 Å². The molecule has 74 valence electrons. The summed E-state index contributed by atoms with van der Waals surface area (Å²) in [5.74, 6) is -0.325. The quantitative estimate of drug-likeness (QED) is 0.685. The Balaban J connectivity index is 2.37. The van der Waals surface area contributed by atoms with Gasteiger partial charge in [-0.2, -0.15) is 0 Å². The van der Waals surface area contributed by atoms with Crippen molar-refractivity contribution in [3.63, 3.8) is 0 Å². The van der Waals surface area contributed by atoms with E-state index in [1.165, 1.54) is 7.11 Å². The first-order valence-corrected chi connectivity index (χ1v) is 4.61. The maximum Gasteiger partial charge on any atom is 0.337 e. The van der Waals surface area contributed by atoms with E-state index < -0.39 is 0 Å². The van der Waals surface area contributed by atoms with Crippen molar-refractivity contribution >= 4 is 5.97 Å². The summed E-state index contributed by atoms with van der Waals surface area (Å²) in [5, 5.41) is 9.55. The Morgan fingerprint density at radius 3 is 3.07 bits per heavy atom. The lowest BCUT2D eigenvalue weighted by molar-refractivity contribution is 0.0600. The fraction of sp³-hybridized carbons (Fsp3) is 0.364. The molecule has 1 atom stereocenters. The number of carbonyl (C=O) groups excluding carboxylic acids is 1. The molecule has 1 aromatic carbocycles. The molecule has 1 aliphatic rings. The minimum Gasteiger partial charge on any atom is -0.465 e. The standard InChI is InChI=1S/C11H12O3/c1-14-11(13)8-2-4-9-7(6-8)3-5-10(9)12/h2,4,6,10,12H,3,5H2,1H3/t10-/m1/s1. The van der Waals surface area contributed by atoms with Gasteiger partial charge in [0.05, 0.1) is 18.8 Å². The molecule has 0 radical (unpaired) electrons. The molecular formula is C11H12O3. The van der Waals surface area contributed by atoms with Crippen molar-refractivity contribution in [2.24, 2.45) is 0 Å². The van der Waals surface area contributed by atoms with E-state index in [1.807, 2.05) is 0 Å². The molecule has 1 aromatic rings. The van der Waals surface area contributed by atoms with Crippen LogP contribution in [0.25, 0.3) is 0 Å². The Morgan fingerprint density at radius 1 is 1.57 bits per heavy atom. The molecule has 1 N–H and O–H groups in total. The highest BCUT2D eigenvalue weighted by Crippen LogP contribution is 2.31. The van der Waals surface area contributed by atoms with Gasteiger partial charge in [0, 0.05) is 0 Å². The maximum absolute atomic E-state index is 11.2. The summed E-state index contributed by atoms with van der Waals surface area (Å²) < 4.78 is 4.62. The second-order valence-electron chi connectivity index (χ2n) is 3.46. The van der Waals surface area contributed by atoms with Gasteiger partial charge in [0.15, 0.2) is 0 Å². The molecule has 0 bridgehead atoms. The average Bonchev–Trinajstić information content (AvgIpc) is 2.59. The van der Waals surface area contributed by atoms with Gasteiger partial charge in [-0.15, -0.1) is 0 Å². The fourth-order valence-corrected chi connectivity index (χ4v) is 1.84. The summed E-state index contributed by atoms with van der Waals surface area (Å²) in [6.07, 6.45) is 1.22. The van der Waals surface area contributed by atoms with Gasteiger partial charge in [0.2, 0.25) is 0 Å². The van der Waals surface area contributed by atoms with Crippen LogP contribution in [0.3, 0.4) is 0 Å². The van der Waals surface area contributed by atoms with Crippen LogP contribution in [0.1, 0.15) is 34.0 Å². The first kappa shape index (κ1) is 9.21. The predicted molar refractivity (Wildman–Crippen MR) is 51.1 cm³/mol. The third kappa shape index (κ3) is 1.40. The van der Waals surface area contributed by atoms with E-state index in [2.05, 4.69) is 4.74 Å². The normalized spacial score (nSPS) is 19.1. The van der Waals surface area contributed by atoms with Crippen molar-refractivity contribution in [3.8, 4) is 0 Å². The molecule has 1 aliphatic carbocycles. The molecule has 2 rings (SSSR count). The minimum atomic E-state index is -0.364. The zero-order chi connectivity index (χ0) is 10.1. The lowest BCUT2D eigenvalue weighted by Gasteiger charge is -2.05. The van der Waals surface area contributed by atoms with Crippen molar-refractivity contribution < 1.29 is 14.6 Å². The number of aliphatic hydroxyl groups excluding tert-OH is 1. The summed E-state index contributed by atoms with van der Waals surface area (Å²) in [4.78, 5) is 11.2. The van der Waals surface area contributed by atoms with Gasteiger partial charge in [-0.3, -0.25) is 0 Å². The van der Waals surface area contributed by atoms with Crippen LogP contribution in [0.5, 0.6) is 0 Å². The second-order valence-corrected chi connectivity index (χ2v) is 3.46. The van der Waals surface area contributed by atoms with Crippen LogP contribution in [0.4, 0.5) is 0 Å². The Kier molecular flexibility index (Phi) is 2.25. The number of methoxy groups -OCH3 is 1. The molecule has 0 heterocycles. The van der Waals surface area contributed by atoms with Gasteiger partial charge in [-0.25, -0.2) is 4.79 Å². The lowest BCUT2D eigenvalue weighted by Crippen LogP contribution is -2.02. The van der Waals surface area contributed by atoms with Gasteiger partial charge < -0.3 is 9.84 Å². The first-order valence-electron chi connectivity index (χ1n) is 4.61. The third-order valence-corrected chi connectivity index (χ3v) is 2.61. The monoisotopic (exact) mass is 192 g/mol. The summed E-state index contributed by atoms with van der Waals surface area (Å²) in [6.45, 7) is 0. The molecule has 0 spiro atoms. The number of fused-ring (bicyclic) bond motifs is 1. The summed E-state index contributed by atoms with van der Waals surface area (Å²) in [5.41, 5.74) is 2.55. The van der Waals surface area contributed by atoms with Crippen LogP contribution in [-0.2, 0) is 11.2 Å². The molecular weight excluding hydrogens is 180 g/mol. The molecule has 0 saturated carbocycles. The molecule has 14 heavy (non-hydrogen) atoms. The van der Waals surface area contributed by atoms with Gasteiger partial charge in [0.25, 0.3) is 0 Å². The summed E-state index contributed by atoms with van der Waals surface area (Å²) >= 11 is 0. The Morgan fingerprint density at radius 2 is 2.36 bits per heavy atom. The maximum atomic E-state index is 11.2. The van der Waals surface area contributed by atoms with Crippen molar-refractivity contribution in [1.29, 1.82) is 0 Å². The smallest absolute Gasteiger partial charge is 0.337 e. The van der Waals surface area contributed by atoms with Crippen LogP contribution in [0, 0.1) is 0 Å². The third-order valence-electron chi connectivity index (χ3n) is 2.61. The van der Waals surface area contributed by atoms with Crippen molar-refractivity contribution in [2.75, 3.05) is 7.11 Å². The zero-order valence-corrected chi connectivity index (χ0v) is 7.99. The Hall–Kier alpha value is -1.35. The molecule has 0 aromatic heterocycles. The van der Waals surface area contributed by atoms with E-state index in [9.17, 15) is 9.90 Å². The van der Waals surface area contributed by atoms with Gasteiger partial charge >= 0.3 is 5.97 Å². The average molecular weight is 192 g/mol. The Bertz CT molecular complexity index is 371. The summed E-state index contributed by atoms with van der Waals surface area (Å²) in [6, 6.07) is 5.30. The molecule has 0 amide bonds. The first-order chi connectivity index (χ1) is 6.72. The predicted octanol–water partition coefficient (Wildman–Crippen LogP) is 1.45. The van der Waals surface area contributed by atoms with Crippen molar-refractivity contribution in [1.82, 2.24) is 0 Å². The zero-order valence-electron chi connectivity index (χ0n) is 7.99. The van der Waals surface area contributed by atoms with E-state index in [4.69, 9.17) is 0 Å². The van der Waals surface area contributed by atoms with E-state index in [-0.39, 0.29) is 12.1 Å².